The molecule has 0 radical (unpaired) electrons. The first-order chi connectivity index (χ1) is 13.2. The first-order valence-electron chi connectivity index (χ1n) is 9.95. The van der Waals surface area contributed by atoms with E-state index in [1.54, 1.807) is 16.0 Å². The van der Waals surface area contributed by atoms with Crippen molar-refractivity contribution in [3.8, 4) is 10.8 Å². The second-order valence-electron chi connectivity index (χ2n) is 7.57. The van der Waals surface area contributed by atoms with Gasteiger partial charge in [0.15, 0.2) is 6.67 Å². The molecular weight excluding hydrogens is 380 g/mol. The van der Waals surface area contributed by atoms with Crippen molar-refractivity contribution in [3.05, 3.63) is 22.4 Å². The Morgan fingerprint density at radius 1 is 1.26 bits per heavy atom. The summed E-state index contributed by atoms with van der Waals surface area (Å²) in [4.78, 5) is 17.8. The molecule has 0 saturated carbocycles. The third-order valence-electron chi connectivity index (χ3n) is 5.67. The van der Waals surface area contributed by atoms with Gasteiger partial charge in [-0.2, -0.15) is 4.68 Å². The minimum absolute atomic E-state index is 0.193. The molecule has 4 heterocycles. The summed E-state index contributed by atoms with van der Waals surface area (Å²) >= 11 is 6.94. The van der Waals surface area contributed by atoms with Crippen LogP contribution in [0.2, 0.25) is 0 Å². The van der Waals surface area contributed by atoms with Gasteiger partial charge in [-0.05, 0) is 36.5 Å². The van der Waals surface area contributed by atoms with E-state index in [1.165, 1.54) is 17.7 Å². The summed E-state index contributed by atoms with van der Waals surface area (Å²) in [5, 5.41) is 6.55. The molecule has 146 valence electrons. The van der Waals surface area contributed by atoms with Crippen LogP contribution in [-0.4, -0.2) is 46.8 Å². The molecule has 2 fully saturated rings. The fraction of sp³-hybridized carbons (Fsp3) is 0.632. The van der Waals surface area contributed by atoms with Crippen LogP contribution in [0.5, 0.6) is 0 Å². The average molecular weight is 408 g/mol. The van der Waals surface area contributed by atoms with Gasteiger partial charge < -0.3 is 14.2 Å². The molecule has 8 heteroatoms. The minimum Gasteiger partial charge on any atom is -0.408 e. The molecule has 0 bridgehead atoms. The van der Waals surface area contributed by atoms with E-state index in [0.717, 1.165) is 56.7 Å². The van der Waals surface area contributed by atoms with Gasteiger partial charge in [-0.3, -0.25) is 4.79 Å². The van der Waals surface area contributed by atoms with Crippen molar-refractivity contribution >= 4 is 29.5 Å². The molecule has 2 aliphatic heterocycles. The molecule has 2 aliphatic rings. The normalized spacial score (nSPS) is 23.9. The maximum Gasteiger partial charge on any atom is 0.292 e. The highest BCUT2D eigenvalue weighted by Gasteiger charge is 2.31. The molecule has 0 aromatic carbocycles. The van der Waals surface area contributed by atoms with E-state index in [2.05, 4.69) is 10.00 Å². The highest BCUT2D eigenvalue weighted by atomic mass is 32.1. The zero-order valence-corrected chi connectivity index (χ0v) is 17.2. The van der Waals surface area contributed by atoms with Gasteiger partial charge in [-0.25, -0.2) is 0 Å². The molecule has 4 rings (SSSR count). The van der Waals surface area contributed by atoms with Gasteiger partial charge in [0, 0.05) is 31.8 Å². The van der Waals surface area contributed by atoms with E-state index in [1.807, 2.05) is 17.5 Å². The number of carbonyl (C=O) groups excluding carboxylic acids is 1. The molecule has 2 saturated heterocycles. The van der Waals surface area contributed by atoms with Crippen LogP contribution in [0, 0.1) is 10.8 Å². The number of piperidine rings is 1. The smallest absolute Gasteiger partial charge is 0.292 e. The fourth-order valence-electron chi connectivity index (χ4n) is 4.10. The number of carbonyl (C=O) groups is 1. The highest BCUT2D eigenvalue weighted by Crippen LogP contribution is 2.23. The average Bonchev–Trinajstić information content (AvgIpc) is 3.25. The quantitative estimate of drug-likeness (QED) is 0.792. The third-order valence-corrected chi connectivity index (χ3v) is 6.82. The third kappa shape index (κ3) is 4.50. The second kappa shape index (κ2) is 8.67. The number of quaternary nitrogens is 1. The van der Waals surface area contributed by atoms with Gasteiger partial charge >= 0.3 is 0 Å². The Hall–Kier alpha value is -1.51. The molecule has 0 unspecified atom stereocenters. The maximum atomic E-state index is 12.8. The van der Waals surface area contributed by atoms with E-state index >= 15 is 0 Å². The number of hydrogen-bond acceptors (Lipinski definition) is 5. The lowest BCUT2D eigenvalue weighted by Crippen LogP contribution is -3.12. The lowest BCUT2D eigenvalue weighted by molar-refractivity contribution is -0.929. The first kappa shape index (κ1) is 18.8. The van der Waals surface area contributed by atoms with E-state index in [4.69, 9.17) is 16.6 Å². The predicted molar refractivity (Wildman–Crippen MR) is 107 cm³/mol. The van der Waals surface area contributed by atoms with Crippen LogP contribution in [0.1, 0.15) is 38.5 Å². The Labute approximate surface area is 168 Å². The zero-order chi connectivity index (χ0) is 18.6. The van der Waals surface area contributed by atoms with Crippen molar-refractivity contribution in [3.63, 3.8) is 0 Å². The monoisotopic (exact) mass is 407 g/mol. The van der Waals surface area contributed by atoms with Gasteiger partial charge in [0.05, 0.1) is 18.0 Å². The van der Waals surface area contributed by atoms with Crippen LogP contribution < -0.4 is 4.90 Å². The van der Waals surface area contributed by atoms with E-state index in [9.17, 15) is 4.79 Å². The van der Waals surface area contributed by atoms with Gasteiger partial charge in [0.2, 0.25) is 5.91 Å². The summed E-state index contributed by atoms with van der Waals surface area (Å²) < 4.78 is 7.44. The van der Waals surface area contributed by atoms with E-state index in [0.29, 0.717) is 23.3 Å². The van der Waals surface area contributed by atoms with Crippen LogP contribution in [0.4, 0.5) is 0 Å². The standard InChI is InChI=1S/C19H26N4O2S2/c24-18(22-9-3-1-2-4-10-22)15-7-11-21(12-8-15)14-23-19(26)25-17(20-23)16-6-5-13-27-16/h5-6,13,15H,1-4,7-12,14H2/p+1. The molecule has 1 N–H and O–H groups in total. The predicted octanol–water partition coefficient (Wildman–Crippen LogP) is 2.59. The Balaban J connectivity index is 1.32. The van der Waals surface area contributed by atoms with Crippen LogP contribution in [0.25, 0.3) is 10.8 Å². The molecule has 0 spiro atoms. The van der Waals surface area contributed by atoms with E-state index < -0.39 is 0 Å². The summed E-state index contributed by atoms with van der Waals surface area (Å²) in [7, 11) is 0. The lowest BCUT2D eigenvalue weighted by atomic mass is 9.95. The summed E-state index contributed by atoms with van der Waals surface area (Å²) in [5.41, 5.74) is 0. The molecule has 27 heavy (non-hydrogen) atoms. The summed E-state index contributed by atoms with van der Waals surface area (Å²) in [5.74, 6) is 1.17. The number of likely N-dealkylation sites (tertiary alicyclic amines) is 2. The van der Waals surface area contributed by atoms with Crippen molar-refractivity contribution in [2.75, 3.05) is 26.2 Å². The Kier molecular flexibility index (Phi) is 6.04. The topological polar surface area (TPSA) is 55.7 Å². The number of amides is 1. The van der Waals surface area contributed by atoms with Crippen molar-refractivity contribution < 1.29 is 14.1 Å². The molecular formula is C19H27N4O2S2+. The minimum atomic E-state index is 0.193. The number of hydrogen-bond donors (Lipinski definition) is 1. The number of thiophene rings is 1. The van der Waals surface area contributed by atoms with Gasteiger partial charge in [0.25, 0.3) is 10.7 Å². The molecule has 0 atom stereocenters. The molecule has 2 aromatic rings. The number of rotatable bonds is 4. The van der Waals surface area contributed by atoms with Crippen molar-refractivity contribution in [1.29, 1.82) is 0 Å². The summed E-state index contributed by atoms with van der Waals surface area (Å²) in [6.07, 6.45) is 6.75. The van der Waals surface area contributed by atoms with Gasteiger partial charge in [-0.1, -0.05) is 18.9 Å². The molecule has 0 aliphatic carbocycles. The Bertz CT molecular complexity index is 798. The lowest BCUT2D eigenvalue weighted by Gasteiger charge is -2.31. The fourth-order valence-corrected chi connectivity index (χ4v) is 4.93. The van der Waals surface area contributed by atoms with Crippen LogP contribution in [-0.2, 0) is 11.5 Å². The first-order valence-corrected chi connectivity index (χ1v) is 11.2. The highest BCUT2D eigenvalue weighted by molar-refractivity contribution is 7.71. The van der Waals surface area contributed by atoms with Crippen LogP contribution >= 0.6 is 23.6 Å². The zero-order valence-electron chi connectivity index (χ0n) is 15.6. The Morgan fingerprint density at radius 2 is 2.00 bits per heavy atom. The van der Waals surface area contributed by atoms with Crippen LogP contribution in [0.15, 0.2) is 21.9 Å². The second-order valence-corrected chi connectivity index (χ2v) is 8.87. The van der Waals surface area contributed by atoms with Crippen LogP contribution in [0.3, 0.4) is 0 Å². The molecule has 1 amide bonds. The molecule has 6 nitrogen and oxygen atoms in total. The van der Waals surface area contributed by atoms with Gasteiger partial charge in [-0.15, -0.1) is 16.4 Å². The van der Waals surface area contributed by atoms with Crippen molar-refractivity contribution in [2.24, 2.45) is 5.92 Å². The van der Waals surface area contributed by atoms with E-state index in [-0.39, 0.29) is 5.92 Å². The SMILES string of the molecule is O=C(C1CC[NH+](Cn2nc(-c3cccs3)oc2=S)CC1)N1CCCCCC1. The summed E-state index contributed by atoms with van der Waals surface area (Å²) in [6.45, 7) is 4.57. The Morgan fingerprint density at radius 3 is 2.67 bits per heavy atom. The number of aromatic nitrogens is 2. The number of nitrogens with one attached hydrogen (secondary N) is 1. The van der Waals surface area contributed by atoms with Crippen molar-refractivity contribution in [2.45, 2.75) is 45.2 Å². The summed E-state index contributed by atoms with van der Waals surface area (Å²) in [6, 6.07) is 3.97. The largest absolute Gasteiger partial charge is 0.408 e. The van der Waals surface area contributed by atoms with Crippen molar-refractivity contribution in [1.82, 2.24) is 14.7 Å². The molecule has 2 aromatic heterocycles. The van der Waals surface area contributed by atoms with Gasteiger partial charge in [0.1, 0.15) is 0 Å². The number of nitrogens with zero attached hydrogens (tertiary/aromatic N) is 3. The maximum absolute atomic E-state index is 12.8.